The van der Waals surface area contributed by atoms with Gasteiger partial charge in [-0.05, 0) is 54.4 Å². The Labute approximate surface area is 144 Å². The van der Waals surface area contributed by atoms with Gasteiger partial charge in [0.2, 0.25) is 6.79 Å². The Hall–Kier alpha value is -2.73. The minimum Gasteiger partial charge on any atom is -0.483 e. The van der Waals surface area contributed by atoms with E-state index < -0.39 is 0 Å². The molecule has 0 spiro atoms. The molecule has 0 saturated carbocycles. The average molecular weight is 347 g/mol. The van der Waals surface area contributed by atoms with Crippen LogP contribution in [0.2, 0.25) is 5.02 Å². The number of halogens is 1. The number of hydrogen-bond acceptors (Lipinski definition) is 5. The van der Waals surface area contributed by atoms with Gasteiger partial charge in [-0.3, -0.25) is 4.79 Å². The largest absolute Gasteiger partial charge is 0.483 e. The zero-order valence-corrected chi connectivity index (χ0v) is 13.7. The molecule has 0 radical (unpaired) electrons. The standard InChI is InChI=1S/C17H15ClN2O4/c1-11-6-13(18)3-5-14(11)22-9-17(21)20-19-8-12-2-4-15-16(7-12)24-10-23-15/h2-8H,9-10H2,1H3,(H,20,21)/b19-8-. The lowest BCUT2D eigenvalue weighted by atomic mass is 10.2. The van der Waals surface area contributed by atoms with Gasteiger partial charge in [0.25, 0.3) is 5.91 Å². The number of benzene rings is 2. The highest BCUT2D eigenvalue weighted by Gasteiger charge is 2.12. The Bertz CT molecular complexity index is 792. The first-order valence-electron chi connectivity index (χ1n) is 7.22. The number of carbonyl (C=O) groups is 1. The zero-order chi connectivity index (χ0) is 16.9. The van der Waals surface area contributed by atoms with Gasteiger partial charge in [-0.1, -0.05) is 11.6 Å². The highest BCUT2D eigenvalue weighted by Crippen LogP contribution is 2.31. The topological polar surface area (TPSA) is 69.2 Å². The van der Waals surface area contributed by atoms with Crippen LogP contribution in [-0.2, 0) is 4.79 Å². The summed E-state index contributed by atoms with van der Waals surface area (Å²) in [5, 5.41) is 4.52. The Morgan fingerprint density at radius 2 is 2.12 bits per heavy atom. The number of carbonyl (C=O) groups excluding carboxylic acids is 1. The molecule has 3 rings (SSSR count). The molecule has 0 saturated heterocycles. The van der Waals surface area contributed by atoms with Crippen molar-refractivity contribution in [2.45, 2.75) is 6.92 Å². The molecule has 0 atom stereocenters. The van der Waals surface area contributed by atoms with E-state index in [0.717, 1.165) is 11.1 Å². The highest BCUT2D eigenvalue weighted by molar-refractivity contribution is 6.30. The van der Waals surface area contributed by atoms with Crippen molar-refractivity contribution in [3.05, 3.63) is 52.5 Å². The van der Waals surface area contributed by atoms with Gasteiger partial charge in [-0.2, -0.15) is 5.10 Å². The van der Waals surface area contributed by atoms with E-state index in [1.807, 2.05) is 13.0 Å². The second-order valence-corrected chi connectivity index (χ2v) is 5.54. The van der Waals surface area contributed by atoms with E-state index in [2.05, 4.69) is 10.5 Å². The van der Waals surface area contributed by atoms with Crippen molar-refractivity contribution in [2.75, 3.05) is 13.4 Å². The molecule has 0 bridgehead atoms. The summed E-state index contributed by atoms with van der Waals surface area (Å²) in [5.74, 6) is 1.60. The van der Waals surface area contributed by atoms with Crippen LogP contribution < -0.4 is 19.6 Å². The number of amides is 1. The molecule has 1 heterocycles. The number of hydrazone groups is 1. The molecule has 1 aliphatic rings. The fourth-order valence-electron chi connectivity index (χ4n) is 2.12. The van der Waals surface area contributed by atoms with Crippen LogP contribution in [0.5, 0.6) is 17.2 Å². The minimum atomic E-state index is -0.360. The van der Waals surface area contributed by atoms with Crippen molar-refractivity contribution in [2.24, 2.45) is 5.10 Å². The van der Waals surface area contributed by atoms with Crippen molar-refractivity contribution < 1.29 is 19.0 Å². The predicted octanol–water partition coefficient (Wildman–Crippen LogP) is 2.91. The third-order valence-corrected chi connectivity index (χ3v) is 3.53. The first kappa shape index (κ1) is 16.1. The van der Waals surface area contributed by atoms with E-state index in [1.165, 1.54) is 6.21 Å². The molecule has 7 heteroatoms. The molecule has 1 aliphatic heterocycles. The number of aryl methyl sites for hydroxylation is 1. The molecular weight excluding hydrogens is 332 g/mol. The van der Waals surface area contributed by atoms with E-state index in [0.29, 0.717) is 22.3 Å². The molecule has 0 unspecified atom stereocenters. The summed E-state index contributed by atoms with van der Waals surface area (Å²) in [5.41, 5.74) is 4.05. The van der Waals surface area contributed by atoms with Crippen LogP contribution in [0.3, 0.4) is 0 Å². The van der Waals surface area contributed by atoms with Gasteiger partial charge < -0.3 is 14.2 Å². The van der Waals surface area contributed by atoms with Gasteiger partial charge in [0.15, 0.2) is 18.1 Å². The monoisotopic (exact) mass is 346 g/mol. The molecule has 124 valence electrons. The number of nitrogens with zero attached hydrogens (tertiary/aromatic N) is 1. The van der Waals surface area contributed by atoms with Crippen LogP contribution in [-0.4, -0.2) is 25.5 Å². The summed E-state index contributed by atoms with van der Waals surface area (Å²) in [6.45, 7) is 1.94. The highest BCUT2D eigenvalue weighted by atomic mass is 35.5. The molecule has 0 fully saturated rings. The first-order valence-corrected chi connectivity index (χ1v) is 7.60. The Morgan fingerprint density at radius 1 is 1.29 bits per heavy atom. The fraction of sp³-hybridized carbons (Fsp3) is 0.176. The van der Waals surface area contributed by atoms with Crippen LogP contribution in [0.4, 0.5) is 0 Å². The van der Waals surface area contributed by atoms with Crippen molar-refractivity contribution in [1.29, 1.82) is 0 Å². The van der Waals surface area contributed by atoms with E-state index >= 15 is 0 Å². The van der Waals surface area contributed by atoms with Crippen molar-refractivity contribution in [1.82, 2.24) is 5.43 Å². The van der Waals surface area contributed by atoms with Crippen LogP contribution in [0, 0.1) is 6.92 Å². The van der Waals surface area contributed by atoms with Crippen LogP contribution in [0.15, 0.2) is 41.5 Å². The third kappa shape index (κ3) is 3.97. The fourth-order valence-corrected chi connectivity index (χ4v) is 2.35. The SMILES string of the molecule is Cc1cc(Cl)ccc1OCC(=O)N/N=C\c1ccc2c(c1)OCO2. The maximum atomic E-state index is 11.8. The Kier molecular flexibility index (Phi) is 4.86. The molecule has 2 aromatic rings. The molecule has 1 N–H and O–H groups in total. The molecule has 2 aromatic carbocycles. The molecule has 6 nitrogen and oxygen atoms in total. The van der Waals surface area contributed by atoms with Crippen LogP contribution in [0.25, 0.3) is 0 Å². The number of ether oxygens (including phenoxy) is 3. The summed E-state index contributed by atoms with van der Waals surface area (Å²) < 4.78 is 15.9. The van der Waals surface area contributed by atoms with Gasteiger partial charge >= 0.3 is 0 Å². The maximum absolute atomic E-state index is 11.8. The van der Waals surface area contributed by atoms with Crippen LogP contribution >= 0.6 is 11.6 Å². The van der Waals surface area contributed by atoms with Gasteiger partial charge in [0, 0.05) is 5.02 Å². The lowest BCUT2D eigenvalue weighted by molar-refractivity contribution is -0.123. The third-order valence-electron chi connectivity index (χ3n) is 3.30. The smallest absolute Gasteiger partial charge is 0.277 e. The summed E-state index contributed by atoms with van der Waals surface area (Å²) in [6, 6.07) is 10.6. The summed E-state index contributed by atoms with van der Waals surface area (Å²) >= 11 is 5.87. The van der Waals surface area contributed by atoms with Gasteiger partial charge in [0.05, 0.1) is 6.21 Å². The molecule has 0 aliphatic carbocycles. The normalized spacial score (nSPS) is 12.4. The van der Waals surface area contributed by atoms with Crippen molar-refractivity contribution in [3.8, 4) is 17.2 Å². The van der Waals surface area contributed by atoms with E-state index in [1.54, 1.807) is 30.3 Å². The number of hydrogen-bond donors (Lipinski definition) is 1. The summed E-state index contributed by atoms with van der Waals surface area (Å²) in [6.07, 6.45) is 1.52. The van der Waals surface area contributed by atoms with Crippen LogP contribution in [0.1, 0.15) is 11.1 Å². The van der Waals surface area contributed by atoms with Gasteiger partial charge in [0.1, 0.15) is 5.75 Å². The lowest BCUT2D eigenvalue weighted by Gasteiger charge is -2.08. The van der Waals surface area contributed by atoms with Gasteiger partial charge in [-0.25, -0.2) is 5.43 Å². The zero-order valence-electron chi connectivity index (χ0n) is 12.9. The second-order valence-electron chi connectivity index (χ2n) is 5.10. The van der Waals surface area contributed by atoms with Gasteiger partial charge in [-0.15, -0.1) is 0 Å². The molecular formula is C17H15ClN2O4. The number of fused-ring (bicyclic) bond motifs is 1. The molecule has 24 heavy (non-hydrogen) atoms. The summed E-state index contributed by atoms with van der Waals surface area (Å²) in [7, 11) is 0. The Balaban J connectivity index is 1.50. The van der Waals surface area contributed by atoms with Crippen molar-refractivity contribution >= 4 is 23.7 Å². The number of nitrogens with one attached hydrogen (secondary N) is 1. The quantitative estimate of drug-likeness (QED) is 0.667. The number of rotatable bonds is 5. The molecule has 1 amide bonds. The first-order chi connectivity index (χ1) is 11.6. The van der Waals surface area contributed by atoms with E-state index in [4.69, 9.17) is 25.8 Å². The summed E-state index contributed by atoms with van der Waals surface area (Å²) in [4.78, 5) is 11.8. The molecule has 0 aromatic heterocycles. The van der Waals surface area contributed by atoms with E-state index in [-0.39, 0.29) is 19.3 Å². The maximum Gasteiger partial charge on any atom is 0.277 e. The predicted molar refractivity (Wildman–Crippen MR) is 90.0 cm³/mol. The minimum absolute atomic E-state index is 0.138. The van der Waals surface area contributed by atoms with Crippen molar-refractivity contribution in [3.63, 3.8) is 0 Å². The Morgan fingerprint density at radius 3 is 2.96 bits per heavy atom. The second kappa shape index (κ2) is 7.23. The van der Waals surface area contributed by atoms with E-state index in [9.17, 15) is 4.79 Å². The average Bonchev–Trinajstić information content (AvgIpc) is 3.02. The lowest BCUT2D eigenvalue weighted by Crippen LogP contribution is -2.24.